The van der Waals surface area contributed by atoms with E-state index < -0.39 is 6.04 Å². The average molecular weight is 378 g/mol. The van der Waals surface area contributed by atoms with Gasteiger partial charge in [-0.15, -0.1) is 0 Å². The molecule has 3 rings (SSSR count). The van der Waals surface area contributed by atoms with Crippen molar-refractivity contribution in [2.75, 3.05) is 11.9 Å². The summed E-state index contributed by atoms with van der Waals surface area (Å²) in [7, 11) is 0. The van der Waals surface area contributed by atoms with Crippen molar-refractivity contribution < 1.29 is 9.59 Å². The highest BCUT2D eigenvalue weighted by Crippen LogP contribution is 2.25. The lowest BCUT2D eigenvalue weighted by atomic mass is 10.1. The zero-order valence-electron chi connectivity index (χ0n) is 13.6. The van der Waals surface area contributed by atoms with Crippen LogP contribution in [0, 0.1) is 6.92 Å². The van der Waals surface area contributed by atoms with E-state index in [2.05, 4.69) is 10.3 Å². The third-order valence-corrected chi connectivity index (χ3v) is 4.52. The third kappa shape index (κ3) is 4.11. The highest BCUT2D eigenvalue weighted by molar-refractivity contribution is 6.35. The van der Waals surface area contributed by atoms with E-state index in [1.165, 1.54) is 0 Å². The first-order valence-electron chi connectivity index (χ1n) is 7.94. The predicted octanol–water partition coefficient (Wildman–Crippen LogP) is 3.94. The van der Waals surface area contributed by atoms with Crippen LogP contribution in [0.4, 0.5) is 5.82 Å². The van der Waals surface area contributed by atoms with Crippen LogP contribution in [0.1, 0.15) is 28.8 Å². The molecular weight excluding hydrogens is 361 g/mol. The van der Waals surface area contributed by atoms with Gasteiger partial charge in [0, 0.05) is 28.4 Å². The molecule has 0 bridgehead atoms. The maximum atomic E-state index is 12.8. The van der Waals surface area contributed by atoms with Crippen LogP contribution in [0.3, 0.4) is 0 Å². The molecule has 2 amide bonds. The Morgan fingerprint density at radius 2 is 1.92 bits per heavy atom. The van der Waals surface area contributed by atoms with E-state index >= 15 is 0 Å². The summed E-state index contributed by atoms with van der Waals surface area (Å²) in [5.74, 6) is -0.0186. The van der Waals surface area contributed by atoms with Gasteiger partial charge < -0.3 is 10.2 Å². The molecule has 2 heterocycles. The van der Waals surface area contributed by atoms with Gasteiger partial charge in [-0.05, 0) is 49.6 Å². The molecule has 2 aromatic rings. The fourth-order valence-electron chi connectivity index (χ4n) is 2.88. The Bertz CT molecular complexity index is 788. The Labute approximate surface area is 155 Å². The number of hydrogen-bond acceptors (Lipinski definition) is 3. The van der Waals surface area contributed by atoms with Gasteiger partial charge in [-0.2, -0.15) is 0 Å². The molecule has 1 unspecified atom stereocenters. The summed E-state index contributed by atoms with van der Waals surface area (Å²) in [5.41, 5.74) is 1.39. The minimum atomic E-state index is -0.534. The van der Waals surface area contributed by atoms with Gasteiger partial charge in [0.05, 0.1) is 0 Å². The molecule has 1 atom stereocenters. The van der Waals surface area contributed by atoms with Crippen LogP contribution in [-0.2, 0) is 4.79 Å². The van der Waals surface area contributed by atoms with E-state index in [1.54, 1.807) is 35.4 Å². The highest BCUT2D eigenvalue weighted by Gasteiger charge is 2.34. The highest BCUT2D eigenvalue weighted by atomic mass is 35.5. The van der Waals surface area contributed by atoms with Crippen molar-refractivity contribution in [1.29, 1.82) is 0 Å². The summed E-state index contributed by atoms with van der Waals surface area (Å²) >= 11 is 12.0. The molecule has 25 heavy (non-hydrogen) atoms. The number of anilines is 1. The lowest BCUT2D eigenvalue weighted by Gasteiger charge is -2.24. The molecular formula is C18H17Cl2N3O2. The first kappa shape index (κ1) is 17.7. The van der Waals surface area contributed by atoms with Crippen LogP contribution in [0.5, 0.6) is 0 Å². The van der Waals surface area contributed by atoms with E-state index in [-0.39, 0.29) is 11.8 Å². The molecule has 0 aliphatic carbocycles. The Kier molecular flexibility index (Phi) is 5.25. The molecule has 0 radical (unpaired) electrons. The molecule has 5 nitrogen and oxygen atoms in total. The Hall–Kier alpha value is -2.11. The number of carbonyl (C=O) groups is 2. The Morgan fingerprint density at radius 1 is 1.20 bits per heavy atom. The number of rotatable bonds is 3. The number of carbonyl (C=O) groups excluding carboxylic acids is 2. The van der Waals surface area contributed by atoms with Gasteiger partial charge in [-0.1, -0.05) is 29.3 Å². The Balaban J connectivity index is 1.76. The maximum Gasteiger partial charge on any atom is 0.254 e. The quantitative estimate of drug-likeness (QED) is 0.880. The molecule has 1 saturated heterocycles. The zero-order valence-corrected chi connectivity index (χ0v) is 15.1. The number of halogens is 2. The fourth-order valence-corrected chi connectivity index (χ4v) is 3.40. The molecule has 130 valence electrons. The molecule has 1 aromatic heterocycles. The smallest absolute Gasteiger partial charge is 0.254 e. The molecule has 1 aromatic carbocycles. The van der Waals surface area contributed by atoms with Gasteiger partial charge in [-0.25, -0.2) is 4.98 Å². The summed E-state index contributed by atoms with van der Waals surface area (Å²) in [6.07, 6.45) is 3.05. The minimum absolute atomic E-state index is 0.240. The Morgan fingerprint density at radius 3 is 2.56 bits per heavy atom. The molecule has 0 spiro atoms. The lowest BCUT2D eigenvalue weighted by molar-refractivity contribution is -0.119. The fraction of sp³-hybridized carbons (Fsp3) is 0.278. The molecule has 1 fully saturated rings. The van der Waals surface area contributed by atoms with Gasteiger partial charge in [0.2, 0.25) is 5.91 Å². The summed E-state index contributed by atoms with van der Waals surface area (Å²) in [6.45, 7) is 2.44. The maximum absolute atomic E-state index is 12.8. The van der Waals surface area contributed by atoms with Crippen molar-refractivity contribution in [3.05, 3.63) is 57.7 Å². The van der Waals surface area contributed by atoms with E-state index in [0.717, 1.165) is 12.0 Å². The number of amides is 2. The predicted molar refractivity (Wildman–Crippen MR) is 98.1 cm³/mol. The summed E-state index contributed by atoms with van der Waals surface area (Å²) in [6, 6.07) is 7.76. The van der Waals surface area contributed by atoms with Gasteiger partial charge in [0.25, 0.3) is 5.91 Å². The summed E-state index contributed by atoms with van der Waals surface area (Å²) in [4.78, 5) is 31.1. The monoisotopic (exact) mass is 377 g/mol. The second kappa shape index (κ2) is 7.42. The molecule has 1 aliphatic heterocycles. The van der Waals surface area contributed by atoms with Crippen LogP contribution in [0.15, 0.2) is 36.5 Å². The number of pyridine rings is 1. The average Bonchev–Trinajstić information content (AvgIpc) is 3.05. The number of nitrogens with one attached hydrogen (secondary N) is 1. The van der Waals surface area contributed by atoms with Gasteiger partial charge in [0.15, 0.2) is 0 Å². The first-order chi connectivity index (χ1) is 11.9. The van der Waals surface area contributed by atoms with Gasteiger partial charge >= 0.3 is 0 Å². The number of likely N-dealkylation sites (tertiary alicyclic amines) is 1. The number of hydrogen-bond donors (Lipinski definition) is 1. The SMILES string of the molecule is Cc1ccc(NC(=O)C2CCCN2C(=O)c2cc(Cl)cc(Cl)c2)nc1. The number of aromatic nitrogens is 1. The summed E-state index contributed by atoms with van der Waals surface area (Å²) < 4.78 is 0. The number of nitrogens with zero attached hydrogens (tertiary/aromatic N) is 2. The van der Waals surface area contributed by atoms with E-state index in [1.807, 2.05) is 13.0 Å². The van der Waals surface area contributed by atoms with E-state index in [9.17, 15) is 9.59 Å². The molecule has 0 saturated carbocycles. The van der Waals surface area contributed by atoms with Crippen LogP contribution in [0.25, 0.3) is 0 Å². The van der Waals surface area contributed by atoms with Crippen LogP contribution >= 0.6 is 23.2 Å². The van der Waals surface area contributed by atoms with Crippen molar-refractivity contribution in [1.82, 2.24) is 9.88 Å². The van der Waals surface area contributed by atoms with Gasteiger partial charge in [-0.3, -0.25) is 9.59 Å². The molecule has 1 N–H and O–H groups in total. The van der Waals surface area contributed by atoms with Crippen molar-refractivity contribution in [2.45, 2.75) is 25.8 Å². The largest absolute Gasteiger partial charge is 0.327 e. The zero-order chi connectivity index (χ0) is 18.0. The van der Waals surface area contributed by atoms with Crippen LogP contribution < -0.4 is 5.32 Å². The van der Waals surface area contributed by atoms with Gasteiger partial charge in [0.1, 0.15) is 11.9 Å². The van der Waals surface area contributed by atoms with Crippen molar-refractivity contribution in [2.24, 2.45) is 0 Å². The lowest BCUT2D eigenvalue weighted by Crippen LogP contribution is -2.43. The minimum Gasteiger partial charge on any atom is -0.327 e. The second-order valence-electron chi connectivity index (χ2n) is 6.02. The van der Waals surface area contributed by atoms with Crippen LogP contribution in [0.2, 0.25) is 10.0 Å². The summed E-state index contributed by atoms with van der Waals surface area (Å²) in [5, 5.41) is 3.55. The van der Waals surface area contributed by atoms with Crippen LogP contribution in [-0.4, -0.2) is 34.3 Å². The molecule has 7 heteroatoms. The topological polar surface area (TPSA) is 62.3 Å². The number of aryl methyl sites for hydroxylation is 1. The second-order valence-corrected chi connectivity index (χ2v) is 6.90. The molecule has 1 aliphatic rings. The first-order valence-corrected chi connectivity index (χ1v) is 8.70. The van der Waals surface area contributed by atoms with Crippen molar-refractivity contribution in [3.63, 3.8) is 0 Å². The standard InChI is InChI=1S/C18H17Cl2N3O2/c1-11-4-5-16(21-10-11)22-17(24)15-3-2-6-23(15)18(25)12-7-13(19)9-14(20)8-12/h4-5,7-10,15H,2-3,6H2,1H3,(H,21,22,24). The number of benzene rings is 1. The third-order valence-electron chi connectivity index (χ3n) is 4.09. The van der Waals surface area contributed by atoms with E-state index in [4.69, 9.17) is 23.2 Å². The van der Waals surface area contributed by atoms with Crippen molar-refractivity contribution in [3.8, 4) is 0 Å². The van der Waals surface area contributed by atoms with E-state index in [0.29, 0.717) is 34.4 Å². The normalized spacial score (nSPS) is 16.8. The van der Waals surface area contributed by atoms with Crippen molar-refractivity contribution >= 4 is 40.8 Å².